The van der Waals surface area contributed by atoms with E-state index in [1.807, 2.05) is 19.0 Å². The summed E-state index contributed by atoms with van der Waals surface area (Å²) in [5.74, 6) is -0.261. The first-order valence-corrected chi connectivity index (χ1v) is 8.75. The molecular formula is C17H19ClN2O3S. The molecule has 3 N–H and O–H groups in total. The van der Waals surface area contributed by atoms with E-state index < -0.39 is 0 Å². The minimum absolute atomic E-state index is 0.0302. The van der Waals surface area contributed by atoms with E-state index in [0.29, 0.717) is 12.2 Å². The smallest absolute Gasteiger partial charge is 0.182 e. The maximum absolute atomic E-state index is 10.4. The number of nitrogens with zero attached hydrogens (tertiary/aromatic N) is 2. The fourth-order valence-electron chi connectivity index (χ4n) is 2.73. The van der Waals surface area contributed by atoms with E-state index in [-0.39, 0.29) is 22.3 Å². The van der Waals surface area contributed by atoms with Gasteiger partial charge in [0.15, 0.2) is 11.5 Å². The molecule has 1 heterocycles. The second kappa shape index (κ2) is 6.63. The molecule has 5 nitrogen and oxygen atoms in total. The van der Waals surface area contributed by atoms with Crippen LogP contribution in [0.15, 0.2) is 34.1 Å². The first-order chi connectivity index (χ1) is 11.4. The summed E-state index contributed by atoms with van der Waals surface area (Å²) >= 11 is 7.52. The molecule has 0 radical (unpaired) electrons. The van der Waals surface area contributed by atoms with Crippen molar-refractivity contribution in [2.24, 2.45) is 0 Å². The van der Waals surface area contributed by atoms with E-state index in [9.17, 15) is 15.3 Å². The lowest BCUT2D eigenvalue weighted by Crippen LogP contribution is -2.25. The van der Waals surface area contributed by atoms with Crippen molar-refractivity contribution in [2.45, 2.75) is 16.2 Å². The zero-order valence-electron chi connectivity index (χ0n) is 13.5. The van der Waals surface area contributed by atoms with Gasteiger partial charge in [-0.15, -0.1) is 0 Å². The van der Waals surface area contributed by atoms with Gasteiger partial charge in [-0.25, -0.2) is 0 Å². The van der Waals surface area contributed by atoms with Crippen LogP contribution in [0, 0.1) is 0 Å². The third-order valence-corrected chi connectivity index (χ3v) is 5.29. The van der Waals surface area contributed by atoms with E-state index >= 15 is 0 Å². The summed E-state index contributed by atoms with van der Waals surface area (Å²) in [7, 11) is 4.01. The highest BCUT2D eigenvalue weighted by Crippen LogP contribution is 2.55. The van der Waals surface area contributed by atoms with Gasteiger partial charge in [-0.3, -0.25) is 0 Å². The zero-order chi connectivity index (χ0) is 17.4. The van der Waals surface area contributed by atoms with Crippen LogP contribution >= 0.6 is 23.4 Å². The van der Waals surface area contributed by atoms with Gasteiger partial charge in [0, 0.05) is 16.3 Å². The Morgan fingerprint density at radius 3 is 2.54 bits per heavy atom. The molecule has 2 aromatic carbocycles. The van der Waals surface area contributed by atoms with Crippen LogP contribution in [-0.2, 0) is 0 Å². The third kappa shape index (κ3) is 3.09. The maximum atomic E-state index is 10.4. The number of halogens is 1. The Morgan fingerprint density at radius 2 is 1.83 bits per heavy atom. The molecule has 0 amide bonds. The van der Waals surface area contributed by atoms with Gasteiger partial charge in [0.05, 0.1) is 10.7 Å². The van der Waals surface area contributed by atoms with Crippen molar-refractivity contribution in [1.82, 2.24) is 4.90 Å². The van der Waals surface area contributed by atoms with Gasteiger partial charge < -0.3 is 25.1 Å². The lowest BCUT2D eigenvalue weighted by Gasteiger charge is -2.34. The van der Waals surface area contributed by atoms with Crippen molar-refractivity contribution in [3.05, 3.63) is 29.3 Å². The summed E-state index contributed by atoms with van der Waals surface area (Å²) in [6.45, 7) is 1.54. The molecule has 3 rings (SSSR count). The Balaban J connectivity index is 2.07. The predicted octanol–water partition coefficient (Wildman–Crippen LogP) is 4.01. The largest absolute Gasteiger partial charge is 0.506 e. The first-order valence-electron chi connectivity index (χ1n) is 7.56. The SMILES string of the molecule is CN(C)CCCN1c2cc(Cl)c(O)cc2Sc2ccc(O)c(O)c21. The van der Waals surface area contributed by atoms with Crippen LogP contribution < -0.4 is 4.90 Å². The molecule has 0 saturated carbocycles. The monoisotopic (exact) mass is 366 g/mol. The third-order valence-electron chi connectivity index (χ3n) is 3.89. The Hall–Kier alpha value is -1.76. The van der Waals surface area contributed by atoms with Crippen LogP contribution in [0.5, 0.6) is 17.2 Å². The van der Waals surface area contributed by atoms with Crippen molar-refractivity contribution in [1.29, 1.82) is 0 Å². The van der Waals surface area contributed by atoms with Crippen LogP contribution in [-0.4, -0.2) is 47.4 Å². The number of aromatic hydroxyl groups is 3. The molecule has 1 aliphatic rings. The van der Waals surface area contributed by atoms with Gasteiger partial charge in [-0.05, 0) is 51.3 Å². The normalized spacial score (nSPS) is 13.1. The van der Waals surface area contributed by atoms with E-state index in [1.54, 1.807) is 18.2 Å². The molecule has 0 saturated heterocycles. The molecule has 128 valence electrons. The Kier molecular flexibility index (Phi) is 4.71. The van der Waals surface area contributed by atoms with E-state index in [0.717, 1.165) is 28.4 Å². The number of benzene rings is 2. The average Bonchev–Trinajstić information content (AvgIpc) is 2.52. The van der Waals surface area contributed by atoms with Gasteiger partial charge in [-0.2, -0.15) is 0 Å². The van der Waals surface area contributed by atoms with Crippen molar-refractivity contribution < 1.29 is 15.3 Å². The van der Waals surface area contributed by atoms with Gasteiger partial charge in [0.25, 0.3) is 0 Å². The number of fused-ring (bicyclic) bond motifs is 2. The molecule has 7 heteroatoms. The summed E-state index contributed by atoms with van der Waals surface area (Å²) in [6.07, 6.45) is 0.865. The summed E-state index contributed by atoms with van der Waals surface area (Å²) in [6, 6.07) is 6.57. The highest BCUT2D eigenvalue weighted by atomic mass is 35.5. The molecule has 24 heavy (non-hydrogen) atoms. The number of phenols is 3. The average molecular weight is 367 g/mol. The highest BCUT2D eigenvalue weighted by Gasteiger charge is 2.28. The lowest BCUT2D eigenvalue weighted by atomic mass is 10.1. The Morgan fingerprint density at radius 1 is 1.08 bits per heavy atom. The second-order valence-corrected chi connectivity index (χ2v) is 7.45. The molecule has 0 aliphatic carbocycles. The summed E-state index contributed by atoms with van der Waals surface area (Å²) in [5, 5.41) is 30.4. The minimum Gasteiger partial charge on any atom is -0.506 e. The molecule has 0 unspecified atom stereocenters. The van der Waals surface area contributed by atoms with Crippen molar-refractivity contribution in [3.8, 4) is 17.2 Å². The molecule has 2 aromatic rings. The molecular weight excluding hydrogens is 348 g/mol. The van der Waals surface area contributed by atoms with Crippen LogP contribution in [0.25, 0.3) is 0 Å². The van der Waals surface area contributed by atoms with Crippen LogP contribution in [0.3, 0.4) is 0 Å². The Labute approximate surface area is 150 Å². The van der Waals surface area contributed by atoms with E-state index in [1.165, 1.54) is 17.8 Å². The number of rotatable bonds is 4. The van der Waals surface area contributed by atoms with E-state index in [2.05, 4.69) is 4.90 Å². The number of hydrogen-bond acceptors (Lipinski definition) is 6. The lowest BCUT2D eigenvalue weighted by molar-refractivity contribution is 0.396. The van der Waals surface area contributed by atoms with E-state index in [4.69, 9.17) is 11.6 Å². The van der Waals surface area contributed by atoms with Gasteiger partial charge >= 0.3 is 0 Å². The minimum atomic E-state index is -0.153. The van der Waals surface area contributed by atoms with Crippen molar-refractivity contribution >= 4 is 34.7 Å². The molecule has 1 aliphatic heterocycles. The molecule has 0 bridgehead atoms. The van der Waals surface area contributed by atoms with Gasteiger partial charge in [-0.1, -0.05) is 23.4 Å². The predicted molar refractivity (Wildman–Crippen MR) is 97.2 cm³/mol. The number of anilines is 2. The summed E-state index contributed by atoms with van der Waals surface area (Å²) in [4.78, 5) is 5.72. The quantitative estimate of drug-likeness (QED) is 0.710. The van der Waals surface area contributed by atoms with Crippen molar-refractivity contribution in [3.63, 3.8) is 0 Å². The standard InChI is InChI=1S/C17H19ClN2O3S/c1-19(2)6-3-7-20-11-8-10(18)13(22)9-15(11)24-14-5-4-12(21)17(23)16(14)20/h4-5,8-9,21-23H,3,6-7H2,1-2H3. The number of phenolic OH excluding ortho intramolecular Hbond substituents is 3. The molecule has 0 atom stereocenters. The summed E-state index contributed by atoms with van der Waals surface area (Å²) in [5.41, 5.74) is 1.39. The van der Waals surface area contributed by atoms with Gasteiger partial charge in [0.1, 0.15) is 11.4 Å². The fourth-order valence-corrected chi connectivity index (χ4v) is 4.01. The molecule has 0 fully saturated rings. The van der Waals surface area contributed by atoms with Gasteiger partial charge in [0.2, 0.25) is 0 Å². The van der Waals surface area contributed by atoms with Crippen LogP contribution in [0.4, 0.5) is 11.4 Å². The zero-order valence-corrected chi connectivity index (χ0v) is 15.0. The maximum Gasteiger partial charge on any atom is 0.182 e. The number of hydrogen-bond donors (Lipinski definition) is 3. The summed E-state index contributed by atoms with van der Waals surface area (Å²) < 4.78 is 0. The molecule has 0 spiro atoms. The van der Waals surface area contributed by atoms with Crippen molar-refractivity contribution in [2.75, 3.05) is 32.1 Å². The highest BCUT2D eigenvalue weighted by molar-refractivity contribution is 7.99. The topological polar surface area (TPSA) is 67.2 Å². The second-order valence-electron chi connectivity index (χ2n) is 5.96. The first kappa shape index (κ1) is 17.1. The van der Waals surface area contributed by atoms with Crippen LogP contribution in [0.1, 0.15) is 6.42 Å². The molecule has 0 aromatic heterocycles. The Bertz CT molecular complexity index is 783. The fraction of sp³-hybridized carbons (Fsp3) is 0.294. The van der Waals surface area contributed by atoms with Crippen LogP contribution in [0.2, 0.25) is 5.02 Å².